The molecule has 0 unspecified atom stereocenters. The molecule has 0 aliphatic rings. The lowest BCUT2D eigenvalue weighted by Gasteiger charge is -2.12. The van der Waals surface area contributed by atoms with E-state index in [2.05, 4.69) is 238 Å². The lowest BCUT2D eigenvalue weighted by atomic mass is 9.98. The van der Waals surface area contributed by atoms with Crippen LogP contribution in [0.2, 0.25) is 0 Å². The van der Waals surface area contributed by atoms with Gasteiger partial charge in [-0.3, -0.25) is 0 Å². The molecule has 10 aromatic carbocycles. The highest BCUT2D eigenvalue weighted by molar-refractivity contribution is 6.17. The summed E-state index contributed by atoms with van der Waals surface area (Å²) in [5, 5.41) is 9.59. The van der Waals surface area contributed by atoms with Crippen LogP contribution in [0.1, 0.15) is 0 Å². The Balaban J connectivity index is 0.940. The first-order valence-electron chi connectivity index (χ1n) is 21.9. The third-order valence-corrected chi connectivity index (χ3v) is 13.5. The average molecular weight is 816 g/mol. The topological polar surface area (TPSA) is 27.9 Å². The standard InChI is InChI=1S/C60H37N3O/c1-2-14-38(15-3-1)39-28-30-40(31-29-39)43-20-12-21-48-59-57(26-13-27-58(59)64-60(43)48)63-54-25-11-7-19-47(54)50-37-42(33-35-56(50)63)62-53-24-10-6-18-46(53)49-36-41(32-34-55(49)62)61-51-22-8-4-16-44(51)45-17-5-9-23-52(45)61/h1-37H. The van der Waals surface area contributed by atoms with Crippen molar-refractivity contribution < 1.29 is 4.42 Å². The lowest BCUT2D eigenvalue weighted by molar-refractivity contribution is 0.670. The molecule has 0 saturated carbocycles. The molecule has 0 saturated heterocycles. The Bertz CT molecular complexity index is 4130. The maximum Gasteiger partial charge on any atom is 0.143 e. The third kappa shape index (κ3) is 4.99. The summed E-state index contributed by atoms with van der Waals surface area (Å²) in [5.74, 6) is 0. The molecule has 0 N–H and O–H groups in total. The van der Waals surface area contributed by atoms with E-state index in [0.29, 0.717) is 0 Å². The summed E-state index contributed by atoms with van der Waals surface area (Å²) in [6.07, 6.45) is 0. The van der Waals surface area contributed by atoms with Gasteiger partial charge in [0, 0.05) is 54.6 Å². The second-order valence-corrected chi connectivity index (χ2v) is 16.9. The molecule has 14 aromatic rings. The summed E-state index contributed by atoms with van der Waals surface area (Å²) in [5.41, 5.74) is 16.8. The van der Waals surface area contributed by atoms with Crippen molar-refractivity contribution in [3.63, 3.8) is 0 Å². The van der Waals surface area contributed by atoms with Gasteiger partial charge in [0.05, 0.1) is 44.2 Å². The monoisotopic (exact) mass is 815 g/mol. The van der Waals surface area contributed by atoms with Crippen LogP contribution in [0, 0.1) is 0 Å². The van der Waals surface area contributed by atoms with Gasteiger partial charge in [0.25, 0.3) is 0 Å². The van der Waals surface area contributed by atoms with Crippen LogP contribution in [0.3, 0.4) is 0 Å². The second kappa shape index (κ2) is 13.4. The second-order valence-electron chi connectivity index (χ2n) is 16.9. The molecule has 0 aliphatic carbocycles. The van der Waals surface area contributed by atoms with Crippen molar-refractivity contribution in [2.45, 2.75) is 0 Å². The molecular weight excluding hydrogens is 779 g/mol. The average Bonchev–Trinajstić information content (AvgIpc) is 4.10. The van der Waals surface area contributed by atoms with E-state index >= 15 is 0 Å². The number of benzene rings is 10. The predicted molar refractivity (Wildman–Crippen MR) is 268 cm³/mol. The van der Waals surface area contributed by atoms with Crippen LogP contribution >= 0.6 is 0 Å². The molecule has 0 spiro atoms. The van der Waals surface area contributed by atoms with E-state index in [0.717, 1.165) is 61.2 Å². The van der Waals surface area contributed by atoms with Crippen LogP contribution in [0.25, 0.3) is 127 Å². The molecule has 0 fully saturated rings. The molecular formula is C60H37N3O. The molecule has 14 rings (SSSR count). The fourth-order valence-electron chi connectivity index (χ4n) is 10.7. The number of rotatable bonds is 5. The van der Waals surface area contributed by atoms with Crippen LogP contribution < -0.4 is 0 Å². The maximum atomic E-state index is 6.82. The van der Waals surface area contributed by atoms with Crippen molar-refractivity contribution in [2.24, 2.45) is 0 Å². The van der Waals surface area contributed by atoms with Crippen molar-refractivity contribution in [2.75, 3.05) is 0 Å². The van der Waals surface area contributed by atoms with Gasteiger partial charge in [-0.2, -0.15) is 0 Å². The number of nitrogens with zero attached hydrogens (tertiary/aromatic N) is 3. The lowest BCUT2D eigenvalue weighted by Crippen LogP contribution is -1.97. The van der Waals surface area contributed by atoms with Gasteiger partial charge < -0.3 is 18.1 Å². The summed E-state index contributed by atoms with van der Waals surface area (Å²) in [4.78, 5) is 0. The molecule has 0 atom stereocenters. The highest BCUT2D eigenvalue weighted by Crippen LogP contribution is 2.43. The Morgan fingerprint density at radius 2 is 0.719 bits per heavy atom. The summed E-state index contributed by atoms with van der Waals surface area (Å²) in [6.45, 7) is 0. The van der Waals surface area contributed by atoms with Crippen LogP contribution in [-0.4, -0.2) is 13.7 Å². The van der Waals surface area contributed by atoms with E-state index in [1.165, 1.54) is 65.5 Å². The molecule has 0 radical (unpaired) electrons. The first-order valence-corrected chi connectivity index (χ1v) is 21.9. The van der Waals surface area contributed by atoms with E-state index in [1.807, 2.05) is 0 Å². The number of hydrogen-bond acceptors (Lipinski definition) is 1. The Kier molecular flexibility index (Phi) is 7.36. The molecule has 0 bridgehead atoms. The summed E-state index contributed by atoms with van der Waals surface area (Å²) in [6, 6.07) is 81.3. The van der Waals surface area contributed by atoms with Crippen LogP contribution in [-0.2, 0) is 0 Å². The van der Waals surface area contributed by atoms with E-state index in [1.54, 1.807) is 0 Å². The predicted octanol–water partition coefficient (Wildman–Crippen LogP) is 16.2. The SMILES string of the molecule is c1ccc(-c2ccc(-c3cccc4c3oc3cccc(-n5c6ccccc6c6cc(-n7c8ccccc8c8cc(-n9c%10ccccc%10c%10ccccc%109)ccc87)ccc65)c34)cc2)cc1. The van der Waals surface area contributed by atoms with Gasteiger partial charge in [0.2, 0.25) is 0 Å². The van der Waals surface area contributed by atoms with Crippen molar-refractivity contribution >= 4 is 87.4 Å². The number of furan rings is 1. The van der Waals surface area contributed by atoms with E-state index < -0.39 is 0 Å². The Labute approximate surface area is 367 Å². The van der Waals surface area contributed by atoms with Gasteiger partial charge in [-0.1, -0.05) is 152 Å². The normalized spacial score (nSPS) is 12.1. The Morgan fingerprint density at radius 3 is 1.31 bits per heavy atom. The third-order valence-electron chi connectivity index (χ3n) is 13.5. The minimum Gasteiger partial charge on any atom is -0.455 e. The van der Waals surface area contributed by atoms with Gasteiger partial charge in [0.15, 0.2) is 0 Å². The molecule has 0 amide bonds. The minimum absolute atomic E-state index is 0.869. The fraction of sp³-hybridized carbons (Fsp3) is 0. The highest BCUT2D eigenvalue weighted by Gasteiger charge is 2.21. The summed E-state index contributed by atoms with van der Waals surface area (Å²) in [7, 11) is 0. The van der Waals surface area contributed by atoms with Gasteiger partial charge >= 0.3 is 0 Å². The zero-order valence-electron chi connectivity index (χ0n) is 34.6. The maximum absolute atomic E-state index is 6.82. The Hall–Kier alpha value is -8.60. The number of fused-ring (bicyclic) bond motifs is 12. The fourth-order valence-corrected chi connectivity index (χ4v) is 10.7. The smallest absolute Gasteiger partial charge is 0.143 e. The number of aromatic nitrogens is 3. The number of hydrogen-bond donors (Lipinski definition) is 0. The van der Waals surface area contributed by atoms with Crippen LogP contribution in [0.15, 0.2) is 229 Å². The van der Waals surface area contributed by atoms with Crippen molar-refractivity contribution in [3.8, 4) is 39.3 Å². The number of para-hydroxylation sites is 5. The quantitative estimate of drug-likeness (QED) is 0.170. The zero-order chi connectivity index (χ0) is 41.9. The van der Waals surface area contributed by atoms with Crippen molar-refractivity contribution in [1.82, 2.24) is 13.7 Å². The first kappa shape index (κ1) is 35.0. The first-order chi connectivity index (χ1) is 31.8. The molecule has 64 heavy (non-hydrogen) atoms. The Morgan fingerprint density at radius 1 is 0.281 bits per heavy atom. The van der Waals surface area contributed by atoms with Crippen molar-refractivity contribution in [3.05, 3.63) is 224 Å². The highest BCUT2D eigenvalue weighted by atomic mass is 16.3. The van der Waals surface area contributed by atoms with E-state index in [4.69, 9.17) is 4.42 Å². The van der Waals surface area contributed by atoms with Crippen LogP contribution in [0.5, 0.6) is 0 Å². The van der Waals surface area contributed by atoms with Gasteiger partial charge in [-0.15, -0.1) is 0 Å². The summed E-state index contributed by atoms with van der Waals surface area (Å²) < 4.78 is 14.1. The molecule has 4 aromatic heterocycles. The largest absolute Gasteiger partial charge is 0.455 e. The molecule has 298 valence electrons. The van der Waals surface area contributed by atoms with Crippen molar-refractivity contribution in [1.29, 1.82) is 0 Å². The van der Waals surface area contributed by atoms with Crippen LogP contribution in [0.4, 0.5) is 0 Å². The zero-order valence-corrected chi connectivity index (χ0v) is 34.6. The summed E-state index contributed by atoms with van der Waals surface area (Å²) >= 11 is 0. The van der Waals surface area contributed by atoms with E-state index in [9.17, 15) is 0 Å². The minimum atomic E-state index is 0.869. The van der Waals surface area contributed by atoms with Gasteiger partial charge in [-0.25, -0.2) is 0 Å². The molecule has 4 heteroatoms. The van der Waals surface area contributed by atoms with Gasteiger partial charge in [0.1, 0.15) is 11.2 Å². The van der Waals surface area contributed by atoms with Gasteiger partial charge in [-0.05, 0) is 89.5 Å². The van der Waals surface area contributed by atoms with E-state index in [-0.39, 0.29) is 0 Å². The molecule has 0 aliphatic heterocycles. The molecule has 4 nitrogen and oxygen atoms in total. The molecule has 4 heterocycles.